The number of rotatable bonds is 8. The fourth-order valence-electron chi connectivity index (χ4n) is 3.94. The first kappa shape index (κ1) is 23.4. The van der Waals surface area contributed by atoms with Crippen LogP contribution in [0.25, 0.3) is 16.7 Å². The number of nitrogens with one attached hydrogen (secondary N) is 2. The number of hydrogen-bond acceptors (Lipinski definition) is 5. The van der Waals surface area contributed by atoms with Gasteiger partial charge < -0.3 is 14.6 Å². The highest BCUT2D eigenvalue weighted by atomic mass is 16.5. The van der Waals surface area contributed by atoms with Crippen molar-refractivity contribution in [2.75, 3.05) is 13.2 Å². The second-order valence-corrected chi connectivity index (χ2v) is 8.32. The first-order valence-electron chi connectivity index (χ1n) is 11.4. The lowest BCUT2D eigenvalue weighted by Gasteiger charge is -2.15. The molecule has 0 saturated heterocycles. The Labute approximate surface area is 197 Å². The highest BCUT2D eigenvalue weighted by molar-refractivity contribution is 5.96. The van der Waals surface area contributed by atoms with Crippen LogP contribution in [0.5, 0.6) is 0 Å². The summed E-state index contributed by atoms with van der Waals surface area (Å²) < 4.78 is 8.58. The molecule has 0 unspecified atom stereocenters. The molecule has 4 rings (SSSR count). The zero-order valence-corrected chi connectivity index (χ0v) is 19.7. The van der Waals surface area contributed by atoms with Gasteiger partial charge in [0.2, 0.25) is 0 Å². The molecule has 8 nitrogen and oxygen atoms in total. The zero-order valence-electron chi connectivity index (χ0n) is 19.7. The minimum Gasteiger partial charge on any atom is -0.382 e. The van der Waals surface area contributed by atoms with E-state index < -0.39 is 5.91 Å². The van der Waals surface area contributed by atoms with Gasteiger partial charge in [-0.25, -0.2) is 4.98 Å². The molecule has 0 aliphatic heterocycles. The molecule has 0 aliphatic rings. The van der Waals surface area contributed by atoms with Crippen LogP contribution in [0, 0.1) is 19.3 Å². The maximum absolute atomic E-state index is 13.4. The molecule has 0 radical (unpaired) electrons. The Morgan fingerprint density at radius 3 is 2.65 bits per heavy atom. The molecule has 0 atom stereocenters. The van der Waals surface area contributed by atoms with Gasteiger partial charge >= 0.3 is 0 Å². The van der Waals surface area contributed by atoms with Crippen LogP contribution in [0.4, 0.5) is 0 Å². The minimum atomic E-state index is -0.403. The van der Waals surface area contributed by atoms with Crippen LogP contribution < -0.4 is 16.4 Å². The van der Waals surface area contributed by atoms with E-state index in [9.17, 15) is 9.59 Å². The fraction of sp³-hybridized carbons (Fsp3) is 0.308. The maximum atomic E-state index is 13.4. The summed E-state index contributed by atoms with van der Waals surface area (Å²) in [5.41, 5.74) is 3.78. The lowest BCUT2D eigenvalue weighted by molar-refractivity contribution is 0.0948. The van der Waals surface area contributed by atoms with E-state index in [1.54, 1.807) is 16.8 Å². The SMILES string of the molecule is CCOCCCn1c(=N)c(C(=O)NCc2ccc(C)cc2)cc2c(=O)n3cccc(C)c3nc21. The molecule has 4 aromatic rings. The van der Waals surface area contributed by atoms with Crippen LogP contribution in [0.2, 0.25) is 0 Å². The van der Waals surface area contributed by atoms with Gasteiger partial charge in [0.1, 0.15) is 16.8 Å². The molecule has 0 bridgehead atoms. The molecular formula is C26H29N5O3. The number of aromatic nitrogens is 3. The Hall–Kier alpha value is -3.78. The first-order chi connectivity index (χ1) is 16.4. The lowest BCUT2D eigenvalue weighted by atomic mass is 10.1. The fourth-order valence-corrected chi connectivity index (χ4v) is 3.94. The van der Waals surface area contributed by atoms with Gasteiger partial charge in [-0.15, -0.1) is 0 Å². The van der Waals surface area contributed by atoms with Crippen molar-refractivity contribution in [3.05, 3.63) is 86.8 Å². The summed E-state index contributed by atoms with van der Waals surface area (Å²) in [7, 11) is 0. The molecule has 3 aromatic heterocycles. The van der Waals surface area contributed by atoms with E-state index >= 15 is 0 Å². The third kappa shape index (κ3) is 4.63. The number of benzene rings is 1. The van der Waals surface area contributed by atoms with Gasteiger partial charge in [-0.1, -0.05) is 35.9 Å². The molecule has 0 spiro atoms. The first-order valence-corrected chi connectivity index (χ1v) is 11.4. The quantitative estimate of drug-likeness (QED) is 0.312. The predicted molar refractivity (Wildman–Crippen MR) is 131 cm³/mol. The maximum Gasteiger partial charge on any atom is 0.267 e. The number of amides is 1. The van der Waals surface area contributed by atoms with Crippen LogP contribution >= 0.6 is 0 Å². The van der Waals surface area contributed by atoms with Gasteiger partial charge in [-0.2, -0.15) is 0 Å². The molecule has 1 aromatic carbocycles. The molecule has 176 valence electrons. The van der Waals surface area contributed by atoms with Crippen molar-refractivity contribution in [2.24, 2.45) is 0 Å². The van der Waals surface area contributed by atoms with E-state index in [-0.39, 0.29) is 16.6 Å². The van der Waals surface area contributed by atoms with E-state index in [1.165, 1.54) is 10.5 Å². The highest BCUT2D eigenvalue weighted by Gasteiger charge is 2.18. The molecule has 3 heterocycles. The molecule has 1 amide bonds. The molecule has 0 saturated carbocycles. The average Bonchev–Trinajstić information content (AvgIpc) is 2.83. The van der Waals surface area contributed by atoms with Crippen LogP contribution in [0.1, 0.15) is 40.4 Å². The molecular weight excluding hydrogens is 430 g/mol. The average molecular weight is 460 g/mol. The second kappa shape index (κ2) is 10.0. The van der Waals surface area contributed by atoms with Gasteiger partial charge in [0, 0.05) is 32.5 Å². The number of nitrogens with zero attached hydrogens (tertiary/aromatic N) is 3. The Morgan fingerprint density at radius 2 is 1.91 bits per heavy atom. The molecule has 34 heavy (non-hydrogen) atoms. The van der Waals surface area contributed by atoms with Crippen molar-refractivity contribution in [3.8, 4) is 0 Å². The third-order valence-electron chi connectivity index (χ3n) is 5.83. The summed E-state index contributed by atoms with van der Waals surface area (Å²) in [6.45, 7) is 7.67. The lowest BCUT2D eigenvalue weighted by Crippen LogP contribution is -2.35. The standard InChI is InChI=1S/C26H29N5O3/c1-4-34-14-6-13-30-22(27)20(25(32)28-16-19-10-8-17(2)9-11-19)15-21-24(30)29-23-18(3)7-5-12-31(23)26(21)33/h5,7-12,15,27H,4,6,13-14,16H2,1-3H3,(H,28,32). The van der Waals surface area contributed by atoms with Crippen molar-refractivity contribution < 1.29 is 9.53 Å². The number of carbonyl (C=O) groups is 1. The van der Waals surface area contributed by atoms with Crippen LogP contribution in [0.3, 0.4) is 0 Å². The Bertz CT molecular complexity index is 1470. The number of fused-ring (bicyclic) bond motifs is 2. The topological polar surface area (TPSA) is 101 Å². The Balaban J connectivity index is 1.80. The van der Waals surface area contributed by atoms with E-state index in [1.807, 2.05) is 51.1 Å². The molecule has 8 heteroatoms. The summed E-state index contributed by atoms with van der Waals surface area (Å²) in [6, 6.07) is 13.1. The summed E-state index contributed by atoms with van der Waals surface area (Å²) in [5, 5.41) is 12.0. The smallest absolute Gasteiger partial charge is 0.267 e. The highest BCUT2D eigenvalue weighted by Crippen LogP contribution is 2.13. The van der Waals surface area contributed by atoms with Gasteiger partial charge in [0.05, 0.1) is 10.9 Å². The van der Waals surface area contributed by atoms with Gasteiger partial charge in [-0.05, 0) is 50.5 Å². The molecule has 0 fully saturated rings. The summed E-state index contributed by atoms with van der Waals surface area (Å²) in [4.78, 5) is 31.2. The predicted octanol–water partition coefficient (Wildman–Crippen LogP) is 3.10. The van der Waals surface area contributed by atoms with E-state index in [4.69, 9.17) is 15.1 Å². The monoisotopic (exact) mass is 459 g/mol. The third-order valence-corrected chi connectivity index (χ3v) is 5.83. The van der Waals surface area contributed by atoms with Crippen molar-refractivity contribution in [3.63, 3.8) is 0 Å². The normalized spacial score (nSPS) is 11.3. The van der Waals surface area contributed by atoms with E-state index in [2.05, 4.69) is 5.32 Å². The van der Waals surface area contributed by atoms with Crippen LogP contribution in [0.15, 0.2) is 53.5 Å². The molecule has 2 N–H and O–H groups in total. The molecule has 0 aliphatic carbocycles. The van der Waals surface area contributed by atoms with E-state index in [0.29, 0.717) is 49.4 Å². The van der Waals surface area contributed by atoms with Crippen LogP contribution in [-0.2, 0) is 17.8 Å². The summed E-state index contributed by atoms with van der Waals surface area (Å²) in [5.74, 6) is -0.403. The minimum absolute atomic E-state index is 0.0234. The number of ether oxygens (including phenoxy) is 1. The Morgan fingerprint density at radius 1 is 1.15 bits per heavy atom. The number of aryl methyl sites for hydroxylation is 3. The van der Waals surface area contributed by atoms with Crippen molar-refractivity contribution in [1.82, 2.24) is 19.3 Å². The van der Waals surface area contributed by atoms with Crippen molar-refractivity contribution in [1.29, 1.82) is 5.41 Å². The largest absolute Gasteiger partial charge is 0.382 e. The summed E-state index contributed by atoms with van der Waals surface area (Å²) in [6.07, 6.45) is 2.30. The number of hydrogen-bond donors (Lipinski definition) is 2. The number of pyridine rings is 2. The number of carbonyl (C=O) groups excluding carboxylic acids is 1. The van der Waals surface area contributed by atoms with Gasteiger partial charge in [0.15, 0.2) is 0 Å². The Kier molecular flexibility index (Phi) is 6.88. The van der Waals surface area contributed by atoms with Crippen molar-refractivity contribution >= 4 is 22.6 Å². The second-order valence-electron chi connectivity index (χ2n) is 8.32. The van der Waals surface area contributed by atoms with Gasteiger partial charge in [0.25, 0.3) is 11.5 Å². The van der Waals surface area contributed by atoms with E-state index in [0.717, 1.165) is 16.7 Å². The zero-order chi connectivity index (χ0) is 24.2. The van der Waals surface area contributed by atoms with Crippen molar-refractivity contribution in [2.45, 2.75) is 40.3 Å². The van der Waals surface area contributed by atoms with Gasteiger partial charge in [-0.3, -0.25) is 19.4 Å². The van der Waals surface area contributed by atoms with Crippen LogP contribution in [-0.4, -0.2) is 33.1 Å². The summed E-state index contributed by atoms with van der Waals surface area (Å²) >= 11 is 0.